The van der Waals surface area contributed by atoms with Gasteiger partial charge >= 0.3 is 5.97 Å². The number of rotatable bonds is 5. The largest absolute Gasteiger partial charge is 0.468 e. The van der Waals surface area contributed by atoms with Gasteiger partial charge in [-0.25, -0.2) is 0 Å². The zero-order valence-electron chi connectivity index (χ0n) is 12.3. The van der Waals surface area contributed by atoms with Gasteiger partial charge in [0.25, 0.3) is 5.91 Å². The van der Waals surface area contributed by atoms with Crippen molar-refractivity contribution in [3.8, 4) is 0 Å². The number of esters is 1. The smallest absolute Gasteiger partial charge is 0.322 e. The highest BCUT2D eigenvalue weighted by molar-refractivity contribution is 6.04. The minimum absolute atomic E-state index is 0.167. The fourth-order valence-electron chi connectivity index (χ4n) is 2.01. The first kappa shape index (κ1) is 15.7. The summed E-state index contributed by atoms with van der Waals surface area (Å²) in [5.41, 5.74) is 7.89. The number of anilines is 1. The van der Waals surface area contributed by atoms with Gasteiger partial charge in [0.2, 0.25) is 0 Å². The van der Waals surface area contributed by atoms with Gasteiger partial charge in [0.05, 0.1) is 7.11 Å². The van der Waals surface area contributed by atoms with Crippen LogP contribution in [0.25, 0.3) is 0 Å². The normalized spacial score (nSPS) is 11.5. The monoisotopic (exact) mass is 298 g/mol. The molecule has 0 bridgehead atoms. The van der Waals surface area contributed by atoms with Crippen molar-refractivity contribution in [3.05, 3.63) is 65.7 Å². The Labute approximate surface area is 129 Å². The average Bonchev–Trinajstić information content (AvgIpc) is 2.56. The molecule has 2 aromatic rings. The van der Waals surface area contributed by atoms with Gasteiger partial charge in [-0.2, -0.15) is 0 Å². The molecule has 0 aliphatic heterocycles. The highest BCUT2D eigenvalue weighted by Gasteiger charge is 2.14. The molecule has 0 fully saturated rings. The van der Waals surface area contributed by atoms with Crippen LogP contribution in [0.2, 0.25) is 0 Å². The van der Waals surface area contributed by atoms with Crippen LogP contribution < -0.4 is 11.1 Å². The van der Waals surface area contributed by atoms with E-state index in [9.17, 15) is 9.59 Å². The van der Waals surface area contributed by atoms with Crippen molar-refractivity contribution < 1.29 is 14.3 Å². The molecule has 0 radical (unpaired) electrons. The lowest BCUT2D eigenvalue weighted by Gasteiger charge is -2.10. The molecule has 0 aliphatic carbocycles. The zero-order chi connectivity index (χ0) is 15.9. The molecule has 0 aliphatic rings. The number of amides is 1. The van der Waals surface area contributed by atoms with Crippen molar-refractivity contribution in [1.82, 2.24) is 0 Å². The van der Waals surface area contributed by atoms with Crippen molar-refractivity contribution >= 4 is 17.6 Å². The van der Waals surface area contributed by atoms with Gasteiger partial charge in [0.1, 0.15) is 6.04 Å². The second-order valence-corrected chi connectivity index (χ2v) is 4.85. The summed E-state index contributed by atoms with van der Waals surface area (Å²) >= 11 is 0. The molecule has 2 aromatic carbocycles. The van der Waals surface area contributed by atoms with Crippen LogP contribution in [0.5, 0.6) is 0 Å². The molecule has 0 unspecified atom stereocenters. The van der Waals surface area contributed by atoms with E-state index < -0.39 is 12.0 Å². The molecule has 3 N–H and O–H groups in total. The highest BCUT2D eigenvalue weighted by Crippen LogP contribution is 2.12. The van der Waals surface area contributed by atoms with Crippen molar-refractivity contribution in [1.29, 1.82) is 0 Å². The van der Waals surface area contributed by atoms with Crippen LogP contribution in [-0.2, 0) is 16.0 Å². The zero-order valence-corrected chi connectivity index (χ0v) is 12.3. The van der Waals surface area contributed by atoms with Crippen molar-refractivity contribution in [3.63, 3.8) is 0 Å². The van der Waals surface area contributed by atoms with Gasteiger partial charge in [-0.3, -0.25) is 9.59 Å². The third-order valence-electron chi connectivity index (χ3n) is 3.21. The van der Waals surface area contributed by atoms with Crippen LogP contribution in [0, 0.1) is 0 Å². The van der Waals surface area contributed by atoms with Gasteiger partial charge in [-0.1, -0.05) is 30.3 Å². The van der Waals surface area contributed by atoms with Crippen LogP contribution >= 0.6 is 0 Å². The standard InChI is InChI=1S/C17H18N2O3/c1-22-17(21)15(18)11-12-7-9-14(10-8-12)19-16(20)13-5-3-2-4-6-13/h2-10,15H,11,18H2,1H3,(H,19,20)/t15-/m0/s1. The summed E-state index contributed by atoms with van der Waals surface area (Å²) in [5.74, 6) is -0.610. The minimum atomic E-state index is -0.685. The van der Waals surface area contributed by atoms with E-state index in [0.717, 1.165) is 5.56 Å². The van der Waals surface area contributed by atoms with Crippen LogP contribution in [0.3, 0.4) is 0 Å². The molecule has 1 atom stereocenters. The average molecular weight is 298 g/mol. The number of methoxy groups -OCH3 is 1. The van der Waals surface area contributed by atoms with E-state index in [0.29, 0.717) is 17.7 Å². The SMILES string of the molecule is COC(=O)[C@@H](N)Cc1ccc(NC(=O)c2ccccc2)cc1. The summed E-state index contributed by atoms with van der Waals surface area (Å²) in [7, 11) is 1.31. The first-order chi connectivity index (χ1) is 10.6. The van der Waals surface area contributed by atoms with E-state index in [1.54, 1.807) is 24.3 Å². The number of nitrogens with one attached hydrogen (secondary N) is 1. The third-order valence-corrected chi connectivity index (χ3v) is 3.21. The van der Waals surface area contributed by atoms with Crippen molar-refractivity contribution in [2.45, 2.75) is 12.5 Å². The first-order valence-electron chi connectivity index (χ1n) is 6.89. The Morgan fingerprint density at radius 1 is 1.09 bits per heavy atom. The Bertz CT molecular complexity index is 639. The summed E-state index contributed by atoms with van der Waals surface area (Å²) in [5, 5.41) is 2.81. The maximum Gasteiger partial charge on any atom is 0.322 e. The van der Waals surface area contributed by atoms with Crippen molar-refractivity contribution in [2.75, 3.05) is 12.4 Å². The fourth-order valence-corrected chi connectivity index (χ4v) is 2.01. The maximum absolute atomic E-state index is 12.0. The van der Waals surface area contributed by atoms with Crippen molar-refractivity contribution in [2.24, 2.45) is 5.73 Å². The molecule has 0 aromatic heterocycles. The number of benzene rings is 2. The Kier molecular flexibility index (Phi) is 5.27. The number of ether oxygens (including phenoxy) is 1. The number of carbonyl (C=O) groups is 2. The molecular formula is C17H18N2O3. The van der Waals surface area contributed by atoms with Gasteiger partial charge in [-0.15, -0.1) is 0 Å². The Hall–Kier alpha value is -2.66. The number of hydrogen-bond acceptors (Lipinski definition) is 4. The van der Waals surface area contributed by atoms with Crippen LogP contribution in [-0.4, -0.2) is 25.0 Å². The molecule has 5 nitrogen and oxygen atoms in total. The topological polar surface area (TPSA) is 81.4 Å². The predicted molar refractivity (Wildman–Crippen MR) is 84.5 cm³/mol. The summed E-state index contributed by atoms with van der Waals surface area (Å²) in [6.07, 6.45) is 0.388. The van der Waals surface area contributed by atoms with Gasteiger partial charge in [0.15, 0.2) is 0 Å². The summed E-state index contributed by atoms with van der Waals surface area (Å²) in [4.78, 5) is 23.3. The molecular weight excluding hydrogens is 280 g/mol. The second kappa shape index (κ2) is 7.38. The van der Waals surface area contributed by atoms with Crippen LogP contribution in [0.4, 0.5) is 5.69 Å². The maximum atomic E-state index is 12.0. The Balaban J connectivity index is 1.97. The lowest BCUT2D eigenvalue weighted by Crippen LogP contribution is -2.33. The summed E-state index contributed by atoms with van der Waals surface area (Å²) in [6.45, 7) is 0. The Morgan fingerprint density at radius 3 is 2.32 bits per heavy atom. The third kappa shape index (κ3) is 4.17. The summed E-state index contributed by atoms with van der Waals surface area (Å²) in [6, 6.07) is 15.5. The van der Waals surface area contributed by atoms with E-state index in [4.69, 9.17) is 5.73 Å². The quantitative estimate of drug-likeness (QED) is 0.827. The fraction of sp³-hybridized carbons (Fsp3) is 0.176. The lowest BCUT2D eigenvalue weighted by molar-refractivity contribution is -0.142. The van der Waals surface area contributed by atoms with Gasteiger partial charge < -0.3 is 15.8 Å². The lowest BCUT2D eigenvalue weighted by atomic mass is 10.1. The van der Waals surface area contributed by atoms with E-state index in [1.165, 1.54) is 7.11 Å². The van der Waals surface area contributed by atoms with E-state index >= 15 is 0 Å². The highest BCUT2D eigenvalue weighted by atomic mass is 16.5. The second-order valence-electron chi connectivity index (χ2n) is 4.85. The molecule has 22 heavy (non-hydrogen) atoms. The predicted octanol–water partition coefficient (Wildman–Crippen LogP) is 1.98. The molecule has 114 valence electrons. The van der Waals surface area contributed by atoms with Gasteiger partial charge in [0, 0.05) is 11.3 Å². The number of carbonyl (C=O) groups excluding carboxylic acids is 2. The molecule has 5 heteroatoms. The first-order valence-corrected chi connectivity index (χ1v) is 6.89. The van der Waals surface area contributed by atoms with E-state index in [2.05, 4.69) is 10.1 Å². The molecule has 0 heterocycles. The number of nitrogens with two attached hydrogens (primary N) is 1. The van der Waals surface area contributed by atoms with Gasteiger partial charge in [-0.05, 0) is 36.2 Å². The van der Waals surface area contributed by atoms with Crippen LogP contribution in [0.15, 0.2) is 54.6 Å². The molecule has 0 spiro atoms. The molecule has 1 amide bonds. The number of hydrogen-bond donors (Lipinski definition) is 2. The Morgan fingerprint density at radius 2 is 1.73 bits per heavy atom. The van der Waals surface area contributed by atoms with E-state index in [1.807, 2.05) is 30.3 Å². The molecule has 0 saturated carbocycles. The molecule has 0 saturated heterocycles. The molecule has 2 rings (SSSR count). The summed E-state index contributed by atoms with van der Waals surface area (Å²) < 4.78 is 4.59. The van der Waals surface area contributed by atoms with E-state index in [-0.39, 0.29) is 5.91 Å². The minimum Gasteiger partial charge on any atom is -0.468 e. The van der Waals surface area contributed by atoms with Crippen LogP contribution in [0.1, 0.15) is 15.9 Å².